The topological polar surface area (TPSA) is 163 Å². The average Bonchev–Trinajstić information content (AvgIpc) is 3.33. The number of unbranched alkanes of at least 4 members (excludes halogenated alkanes) is 1. The second-order valence-electron chi connectivity index (χ2n) is 9.08. The maximum absolute atomic E-state index is 14.0. The Morgan fingerprint density at radius 3 is 2.48 bits per heavy atom. The molecule has 11 nitrogen and oxygen atoms in total. The Kier molecular flexibility index (Phi) is 10.9. The molecule has 0 aliphatic carbocycles. The minimum atomic E-state index is -3.68. The lowest BCUT2D eigenvalue weighted by Crippen LogP contribution is -2.29. The van der Waals surface area contributed by atoms with Crippen LogP contribution in [0, 0.1) is 11.6 Å². The maximum atomic E-state index is 14.0. The summed E-state index contributed by atoms with van der Waals surface area (Å²) in [5.74, 6) is -3.61. The molecule has 3 aromatic rings. The third-order valence-corrected chi connectivity index (χ3v) is 6.10. The molecule has 0 fully saturated rings. The summed E-state index contributed by atoms with van der Waals surface area (Å²) in [6.07, 6.45) is 1.25. The van der Waals surface area contributed by atoms with Gasteiger partial charge in [0.2, 0.25) is 21.8 Å². The van der Waals surface area contributed by atoms with E-state index in [4.69, 9.17) is 14.9 Å². The quantitative estimate of drug-likeness (QED) is 0.181. The van der Waals surface area contributed by atoms with Crippen LogP contribution in [0.3, 0.4) is 0 Å². The lowest BCUT2D eigenvalue weighted by atomic mass is 10.2. The van der Waals surface area contributed by atoms with Crippen LogP contribution >= 0.6 is 0 Å². The predicted octanol–water partition coefficient (Wildman–Crippen LogP) is 3.80. The number of halogens is 4. The molecule has 0 bridgehead atoms. The average molecular weight is 617 g/mol. The van der Waals surface area contributed by atoms with E-state index in [1.807, 2.05) is 4.72 Å². The molecule has 1 atom stereocenters. The molecule has 0 spiro atoms. The van der Waals surface area contributed by atoms with Crippen molar-refractivity contribution in [3.8, 4) is 23.0 Å². The van der Waals surface area contributed by atoms with Crippen LogP contribution in [-0.4, -0.2) is 44.7 Å². The molecule has 1 aromatic heterocycles. The van der Waals surface area contributed by atoms with Crippen molar-refractivity contribution in [3.63, 3.8) is 0 Å². The van der Waals surface area contributed by atoms with Gasteiger partial charge in [-0.05, 0) is 44.0 Å². The highest BCUT2D eigenvalue weighted by Gasteiger charge is 2.24. The normalized spacial score (nSPS) is 12.2. The Bertz CT molecular complexity index is 1530. The van der Waals surface area contributed by atoms with Gasteiger partial charge in [0.05, 0.1) is 18.9 Å². The first-order chi connectivity index (χ1) is 19.7. The number of aromatic nitrogens is 1. The summed E-state index contributed by atoms with van der Waals surface area (Å²) in [4.78, 5) is 28.7. The number of carbonyl (C=O) groups excluding carboxylic acids is 2. The highest BCUT2D eigenvalue weighted by atomic mass is 32.2. The number of ether oxygens (including phenoxy) is 2. The lowest BCUT2D eigenvalue weighted by Gasteiger charge is -2.13. The highest BCUT2D eigenvalue weighted by molar-refractivity contribution is 7.89. The zero-order valence-electron chi connectivity index (χ0n) is 22.5. The molecule has 0 saturated carbocycles. The molecular weight excluding hydrogens is 588 g/mol. The summed E-state index contributed by atoms with van der Waals surface area (Å²) in [5.41, 5.74) is 5.98. The first kappa shape index (κ1) is 32.3. The fraction of sp³-hybridized carbons (Fsp3) is 0.346. The van der Waals surface area contributed by atoms with Gasteiger partial charge in [0.25, 0.3) is 5.91 Å². The smallest absolute Gasteiger partial charge is 0.387 e. The first-order valence-corrected chi connectivity index (χ1v) is 14.3. The minimum Gasteiger partial charge on any atom is -0.490 e. The number of hydrogen-bond donors (Lipinski definition) is 3. The third-order valence-electron chi connectivity index (χ3n) is 5.50. The van der Waals surface area contributed by atoms with Gasteiger partial charge in [-0.2, -0.15) is 8.78 Å². The number of nitrogens with two attached hydrogens (primary N) is 1. The van der Waals surface area contributed by atoms with Crippen LogP contribution in [0.1, 0.15) is 54.0 Å². The highest BCUT2D eigenvalue weighted by Crippen LogP contribution is 2.35. The summed E-state index contributed by atoms with van der Waals surface area (Å²) in [6, 6.07) is 5.92. The molecule has 0 radical (unpaired) electrons. The van der Waals surface area contributed by atoms with E-state index in [2.05, 4.69) is 15.0 Å². The molecule has 16 heteroatoms. The number of oxazole rings is 1. The number of nitrogens with one attached hydrogen (secondary N) is 2. The summed E-state index contributed by atoms with van der Waals surface area (Å²) in [7, 11) is -3.68. The summed E-state index contributed by atoms with van der Waals surface area (Å²) in [5, 5.41) is 2.47. The molecule has 228 valence electrons. The largest absolute Gasteiger partial charge is 0.490 e. The van der Waals surface area contributed by atoms with Crippen LogP contribution in [0.4, 0.5) is 17.6 Å². The zero-order chi connectivity index (χ0) is 31.0. The number of nitrogens with zero attached hydrogens (tertiary/aromatic N) is 1. The van der Waals surface area contributed by atoms with Crippen molar-refractivity contribution in [2.24, 2.45) is 5.73 Å². The maximum Gasteiger partial charge on any atom is 0.387 e. The van der Waals surface area contributed by atoms with Gasteiger partial charge >= 0.3 is 6.61 Å². The molecule has 4 N–H and O–H groups in total. The van der Waals surface area contributed by atoms with Crippen molar-refractivity contribution in [3.05, 3.63) is 65.1 Å². The van der Waals surface area contributed by atoms with E-state index in [0.717, 1.165) is 12.3 Å². The second-order valence-corrected chi connectivity index (χ2v) is 10.8. The summed E-state index contributed by atoms with van der Waals surface area (Å²) in [6.45, 7) is -1.95. The van der Waals surface area contributed by atoms with Crippen LogP contribution in [0.25, 0.3) is 11.5 Å². The van der Waals surface area contributed by atoms with Gasteiger partial charge in [-0.25, -0.2) is 22.2 Å². The van der Waals surface area contributed by atoms with E-state index in [1.54, 1.807) is 0 Å². The molecule has 0 aliphatic heterocycles. The summed E-state index contributed by atoms with van der Waals surface area (Å²) < 4.78 is 92.9. The van der Waals surface area contributed by atoms with Crippen LogP contribution in [-0.2, 0) is 21.4 Å². The van der Waals surface area contributed by atoms with Crippen LogP contribution in [0.2, 0.25) is 0 Å². The molecule has 2 amide bonds. The minimum absolute atomic E-state index is 0.00942. The Labute approximate surface area is 238 Å². The Balaban J connectivity index is 1.76. The Morgan fingerprint density at radius 2 is 1.83 bits per heavy atom. The third kappa shape index (κ3) is 9.44. The number of carbonyl (C=O) groups is 2. The van der Waals surface area contributed by atoms with Crippen molar-refractivity contribution in [2.45, 2.75) is 45.4 Å². The number of hydrogen-bond acceptors (Lipinski definition) is 9. The molecule has 0 aliphatic rings. The second kappa shape index (κ2) is 14.1. The molecule has 0 unspecified atom stereocenters. The molecule has 3 rings (SSSR count). The molecule has 42 heavy (non-hydrogen) atoms. The standard InChI is InChI=1S/C26H28F4N4O7S/c1-14(31)23-22(24(36)32-13-16-6-8-17(27)12-18(16)28)33-25(41-23)15-7-9-19(40-26(29)30)20(11-15)39-10-4-3-5-21(35)34-42(2,37)38/h6-9,11-12,14,26H,3-5,10,13,31H2,1-2H3,(H,32,36)(H,34,35)/t14-/m0/s1. The molecule has 2 aromatic carbocycles. The van der Waals surface area contributed by atoms with Crippen LogP contribution < -0.4 is 25.2 Å². The van der Waals surface area contributed by atoms with Crippen molar-refractivity contribution in [1.82, 2.24) is 15.0 Å². The number of amides is 2. The van der Waals surface area contributed by atoms with Crippen molar-refractivity contribution in [1.29, 1.82) is 0 Å². The SMILES string of the molecule is C[C@H](N)c1oc(-c2ccc(OC(F)F)c(OCCCCC(=O)NS(C)(=O)=O)c2)nc1C(=O)NCc1ccc(F)cc1F. The van der Waals surface area contributed by atoms with Gasteiger partial charge in [-0.3, -0.25) is 14.3 Å². The van der Waals surface area contributed by atoms with E-state index < -0.39 is 46.1 Å². The Hall–Kier alpha value is -4.18. The number of alkyl halides is 2. The zero-order valence-corrected chi connectivity index (χ0v) is 23.3. The van der Waals surface area contributed by atoms with E-state index in [9.17, 15) is 35.6 Å². The fourth-order valence-corrected chi connectivity index (χ4v) is 4.14. The van der Waals surface area contributed by atoms with E-state index in [1.165, 1.54) is 31.2 Å². The van der Waals surface area contributed by atoms with Crippen molar-refractivity contribution < 1.29 is 49.5 Å². The van der Waals surface area contributed by atoms with Crippen molar-refractivity contribution in [2.75, 3.05) is 12.9 Å². The van der Waals surface area contributed by atoms with E-state index in [0.29, 0.717) is 6.07 Å². The predicted molar refractivity (Wildman–Crippen MR) is 141 cm³/mol. The van der Waals surface area contributed by atoms with E-state index in [-0.39, 0.29) is 72.4 Å². The lowest BCUT2D eigenvalue weighted by molar-refractivity contribution is -0.119. The van der Waals surface area contributed by atoms with Crippen molar-refractivity contribution >= 4 is 21.8 Å². The Morgan fingerprint density at radius 1 is 1.10 bits per heavy atom. The van der Waals surface area contributed by atoms with Gasteiger partial charge < -0.3 is 24.9 Å². The molecule has 0 saturated heterocycles. The van der Waals surface area contributed by atoms with Gasteiger partial charge in [0, 0.05) is 30.2 Å². The number of sulfonamides is 1. The monoisotopic (exact) mass is 616 g/mol. The van der Waals surface area contributed by atoms with Crippen LogP contribution in [0.15, 0.2) is 40.8 Å². The van der Waals surface area contributed by atoms with E-state index >= 15 is 0 Å². The molecule has 1 heterocycles. The van der Waals surface area contributed by atoms with Gasteiger partial charge in [-0.1, -0.05) is 6.07 Å². The van der Waals surface area contributed by atoms with Gasteiger partial charge in [0.15, 0.2) is 23.0 Å². The fourth-order valence-electron chi connectivity index (χ4n) is 3.63. The summed E-state index contributed by atoms with van der Waals surface area (Å²) >= 11 is 0. The number of benzene rings is 2. The van der Waals surface area contributed by atoms with Gasteiger partial charge in [0.1, 0.15) is 11.6 Å². The van der Waals surface area contributed by atoms with Crippen LogP contribution in [0.5, 0.6) is 11.5 Å². The molecular formula is C26H28F4N4O7S. The van der Waals surface area contributed by atoms with Gasteiger partial charge in [-0.15, -0.1) is 0 Å². The first-order valence-electron chi connectivity index (χ1n) is 12.4. The number of rotatable bonds is 14.